The standard InChI is InChI=1S/C13H16N2OS/c1-2-6-15-12(4-1)10-14-7-9-17-11-13-5-3-8-16-13/h1-6,8,14H,7,9-11H2. The van der Waals surface area contributed by atoms with Gasteiger partial charge < -0.3 is 9.73 Å². The van der Waals surface area contributed by atoms with E-state index in [2.05, 4.69) is 10.3 Å². The van der Waals surface area contributed by atoms with E-state index in [-0.39, 0.29) is 0 Å². The zero-order chi connectivity index (χ0) is 11.8. The molecule has 3 nitrogen and oxygen atoms in total. The van der Waals surface area contributed by atoms with E-state index in [1.807, 2.05) is 48.3 Å². The summed E-state index contributed by atoms with van der Waals surface area (Å²) in [7, 11) is 0. The summed E-state index contributed by atoms with van der Waals surface area (Å²) in [6.07, 6.45) is 3.54. The second-order valence-electron chi connectivity index (χ2n) is 3.63. The van der Waals surface area contributed by atoms with E-state index < -0.39 is 0 Å². The van der Waals surface area contributed by atoms with Gasteiger partial charge in [-0.05, 0) is 24.3 Å². The minimum atomic E-state index is 0.835. The fourth-order valence-corrected chi connectivity index (χ4v) is 2.23. The summed E-state index contributed by atoms with van der Waals surface area (Å²) in [5.74, 6) is 3.06. The average Bonchev–Trinajstić information content (AvgIpc) is 2.88. The van der Waals surface area contributed by atoms with Crippen molar-refractivity contribution in [2.45, 2.75) is 12.3 Å². The van der Waals surface area contributed by atoms with Gasteiger partial charge in [-0.1, -0.05) is 6.07 Å². The fourth-order valence-electron chi connectivity index (χ4n) is 1.43. The first-order chi connectivity index (χ1) is 8.45. The molecule has 0 bridgehead atoms. The van der Waals surface area contributed by atoms with E-state index in [9.17, 15) is 0 Å². The summed E-state index contributed by atoms with van der Waals surface area (Å²) >= 11 is 1.87. The normalized spacial score (nSPS) is 10.6. The maximum absolute atomic E-state index is 5.26. The quantitative estimate of drug-likeness (QED) is 0.765. The van der Waals surface area contributed by atoms with Crippen molar-refractivity contribution >= 4 is 11.8 Å². The molecule has 0 saturated heterocycles. The Labute approximate surface area is 106 Å². The van der Waals surface area contributed by atoms with E-state index >= 15 is 0 Å². The monoisotopic (exact) mass is 248 g/mol. The van der Waals surface area contributed by atoms with Crippen LogP contribution >= 0.6 is 11.8 Å². The summed E-state index contributed by atoms with van der Waals surface area (Å²) in [6.45, 7) is 1.82. The van der Waals surface area contributed by atoms with Crippen molar-refractivity contribution in [3.8, 4) is 0 Å². The number of rotatable bonds is 7. The van der Waals surface area contributed by atoms with Crippen LogP contribution in [0.2, 0.25) is 0 Å². The minimum Gasteiger partial charge on any atom is -0.468 e. The average molecular weight is 248 g/mol. The highest BCUT2D eigenvalue weighted by Gasteiger charge is 1.96. The molecule has 2 aromatic rings. The molecule has 0 atom stereocenters. The molecule has 0 spiro atoms. The van der Waals surface area contributed by atoms with Crippen LogP contribution in [-0.2, 0) is 12.3 Å². The van der Waals surface area contributed by atoms with Gasteiger partial charge in [0.15, 0.2) is 0 Å². The zero-order valence-corrected chi connectivity index (χ0v) is 10.5. The Morgan fingerprint density at radius 1 is 1.24 bits per heavy atom. The van der Waals surface area contributed by atoms with E-state index in [0.29, 0.717) is 0 Å². The highest BCUT2D eigenvalue weighted by Crippen LogP contribution is 2.11. The molecule has 0 unspecified atom stereocenters. The first-order valence-electron chi connectivity index (χ1n) is 5.66. The molecular weight excluding hydrogens is 232 g/mol. The Bertz CT molecular complexity index is 403. The number of hydrogen-bond acceptors (Lipinski definition) is 4. The van der Waals surface area contributed by atoms with Gasteiger partial charge in [-0.15, -0.1) is 0 Å². The van der Waals surface area contributed by atoms with Crippen molar-refractivity contribution in [1.82, 2.24) is 10.3 Å². The molecule has 0 aliphatic heterocycles. The number of hydrogen-bond donors (Lipinski definition) is 1. The van der Waals surface area contributed by atoms with E-state index in [1.54, 1.807) is 6.26 Å². The van der Waals surface area contributed by atoms with Crippen LogP contribution in [0.5, 0.6) is 0 Å². The van der Waals surface area contributed by atoms with E-state index in [4.69, 9.17) is 4.42 Å². The third-order valence-electron chi connectivity index (χ3n) is 2.28. The number of thioether (sulfide) groups is 1. The lowest BCUT2D eigenvalue weighted by molar-refractivity contribution is 0.530. The van der Waals surface area contributed by atoms with E-state index in [0.717, 1.165) is 36.0 Å². The molecule has 0 radical (unpaired) electrons. The predicted molar refractivity (Wildman–Crippen MR) is 70.8 cm³/mol. The van der Waals surface area contributed by atoms with Gasteiger partial charge in [-0.25, -0.2) is 0 Å². The molecule has 90 valence electrons. The van der Waals surface area contributed by atoms with E-state index in [1.165, 1.54) is 0 Å². The fraction of sp³-hybridized carbons (Fsp3) is 0.308. The van der Waals surface area contributed by atoms with Gasteiger partial charge in [-0.2, -0.15) is 11.8 Å². The number of pyridine rings is 1. The van der Waals surface area contributed by atoms with Crippen LogP contribution in [0.1, 0.15) is 11.5 Å². The Morgan fingerprint density at radius 2 is 2.24 bits per heavy atom. The molecule has 2 aromatic heterocycles. The van der Waals surface area contributed by atoms with Gasteiger partial charge >= 0.3 is 0 Å². The lowest BCUT2D eigenvalue weighted by Crippen LogP contribution is -2.17. The van der Waals surface area contributed by atoms with Crippen molar-refractivity contribution in [2.75, 3.05) is 12.3 Å². The van der Waals surface area contributed by atoms with Crippen molar-refractivity contribution < 1.29 is 4.42 Å². The Balaban J connectivity index is 1.52. The van der Waals surface area contributed by atoms with Gasteiger partial charge in [0.25, 0.3) is 0 Å². The third kappa shape index (κ3) is 4.63. The maximum atomic E-state index is 5.26. The van der Waals surface area contributed by atoms with Crippen molar-refractivity contribution in [2.24, 2.45) is 0 Å². The summed E-state index contributed by atoms with van der Waals surface area (Å²) < 4.78 is 5.26. The molecular formula is C13H16N2OS. The molecule has 17 heavy (non-hydrogen) atoms. The van der Waals surface area contributed by atoms with Gasteiger partial charge in [0.1, 0.15) is 5.76 Å². The van der Waals surface area contributed by atoms with Gasteiger partial charge in [0.05, 0.1) is 17.7 Å². The molecule has 0 amide bonds. The number of furan rings is 1. The topological polar surface area (TPSA) is 38.1 Å². The molecule has 0 saturated carbocycles. The van der Waals surface area contributed by atoms with Crippen LogP contribution in [0.3, 0.4) is 0 Å². The molecule has 2 rings (SSSR count). The first kappa shape index (κ1) is 12.2. The lowest BCUT2D eigenvalue weighted by Gasteiger charge is -2.03. The minimum absolute atomic E-state index is 0.835. The van der Waals surface area contributed by atoms with Crippen LogP contribution in [0.4, 0.5) is 0 Å². The predicted octanol–water partition coefficient (Wildman–Crippen LogP) is 2.70. The van der Waals surface area contributed by atoms with Gasteiger partial charge in [-0.3, -0.25) is 4.98 Å². The largest absolute Gasteiger partial charge is 0.468 e. The second kappa shape index (κ2) is 7.14. The Morgan fingerprint density at radius 3 is 3.00 bits per heavy atom. The van der Waals surface area contributed by atoms with Crippen LogP contribution in [0, 0.1) is 0 Å². The molecule has 0 fully saturated rings. The Hall–Kier alpha value is -1.26. The van der Waals surface area contributed by atoms with Crippen LogP contribution in [-0.4, -0.2) is 17.3 Å². The van der Waals surface area contributed by atoms with Crippen LogP contribution in [0.15, 0.2) is 47.2 Å². The number of nitrogens with zero attached hydrogens (tertiary/aromatic N) is 1. The van der Waals surface area contributed by atoms with Gasteiger partial charge in [0.2, 0.25) is 0 Å². The summed E-state index contributed by atoms with van der Waals surface area (Å²) in [5, 5.41) is 3.37. The van der Waals surface area contributed by atoms with Crippen LogP contribution < -0.4 is 5.32 Å². The summed E-state index contributed by atoms with van der Waals surface area (Å²) in [5.41, 5.74) is 1.09. The van der Waals surface area contributed by atoms with Gasteiger partial charge in [0, 0.05) is 25.0 Å². The third-order valence-corrected chi connectivity index (χ3v) is 3.26. The molecule has 4 heteroatoms. The SMILES string of the molecule is c1ccc(CNCCSCc2ccco2)nc1. The molecule has 0 aliphatic rings. The van der Waals surface area contributed by atoms with Crippen molar-refractivity contribution in [1.29, 1.82) is 0 Å². The smallest absolute Gasteiger partial charge is 0.113 e. The molecule has 0 aliphatic carbocycles. The van der Waals surface area contributed by atoms with Crippen molar-refractivity contribution in [3.63, 3.8) is 0 Å². The number of aromatic nitrogens is 1. The molecule has 1 N–H and O–H groups in total. The van der Waals surface area contributed by atoms with Crippen LogP contribution in [0.25, 0.3) is 0 Å². The lowest BCUT2D eigenvalue weighted by atomic mass is 10.3. The zero-order valence-electron chi connectivity index (χ0n) is 9.63. The summed E-state index contributed by atoms with van der Waals surface area (Å²) in [6, 6.07) is 9.91. The highest BCUT2D eigenvalue weighted by molar-refractivity contribution is 7.98. The molecule has 0 aromatic carbocycles. The number of nitrogens with one attached hydrogen (secondary N) is 1. The van der Waals surface area contributed by atoms with Crippen molar-refractivity contribution in [3.05, 3.63) is 54.2 Å². The second-order valence-corrected chi connectivity index (χ2v) is 4.73. The Kier molecular flexibility index (Phi) is 5.13. The highest BCUT2D eigenvalue weighted by atomic mass is 32.2. The summed E-state index contributed by atoms with van der Waals surface area (Å²) in [4.78, 5) is 4.25. The molecule has 2 heterocycles. The maximum Gasteiger partial charge on any atom is 0.113 e. The first-order valence-corrected chi connectivity index (χ1v) is 6.81.